The summed E-state index contributed by atoms with van der Waals surface area (Å²) in [6.07, 6.45) is 5.43. The van der Waals surface area contributed by atoms with Crippen LogP contribution in [0.2, 0.25) is 5.02 Å². The van der Waals surface area contributed by atoms with Gasteiger partial charge in [-0.25, -0.2) is 14.4 Å². The molecule has 0 bridgehead atoms. The van der Waals surface area contributed by atoms with Crippen LogP contribution in [0.15, 0.2) is 65.8 Å². The third kappa shape index (κ3) is 4.40. The van der Waals surface area contributed by atoms with Crippen molar-refractivity contribution in [3.05, 3.63) is 99.3 Å². The minimum absolute atomic E-state index is 0.0196. The molecule has 7 nitrogen and oxygen atoms in total. The molecule has 4 aromatic rings. The second-order valence-corrected chi connectivity index (χ2v) is 7.42. The van der Waals surface area contributed by atoms with E-state index >= 15 is 0 Å². The third-order valence-electron chi connectivity index (χ3n) is 5.05. The molecule has 4 rings (SSSR count). The lowest BCUT2D eigenvalue weighted by Crippen LogP contribution is -2.27. The summed E-state index contributed by atoms with van der Waals surface area (Å²) in [5.74, 6) is -0.000578. The summed E-state index contributed by atoms with van der Waals surface area (Å²) in [6.45, 7) is -0.372. The normalized spacial score (nSPS) is 12.1. The first kappa shape index (κ1) is 20.9. The van der Waals surface area contributed by atoms with Gasteiger partial charge >= 0.3 is 0 Å². The molecule has 0 fully saturated rings. The number of aryl methyl sites for hydroxylation is 1. The SMILES string of the molecule is Cn1nccc1Cc1nccc(-c2ccn([C@H](CO)c3ccc(Cl)c(F)c3)c(=O)c2)n1. The van der Waals surface area contributed by atoms with Crippen LogP contribution < -0.4 is 5.56 Å². The fraction of sp³-hybridized carbons (Fsp3) is 0.182. The molecule has 1 N–H and O–H groups in total. The van der Waals surface area contributed by atoms with Crippen molar-refractivity contribution in [2.45, 2.75) is 12.5 Å². The number of rotatable bonds is 6. The lowest BCUT2D eigenvalue weighted by atomic mass is 10.1. The molecule has 0 amide bonds. The number of hydrogen-bond acceptors (Lipinski definition) is 5. The first-order chi connectivity index (χ1) is 15.0. The summed E-state index contributed by atoms with van der Waals surface area (Å²) < 4.78 is 17.0. The molecule has 3 aromatic heterocycles. The minimum Gasteiger partial charge on any atom is -0.394 e. The molecule has 1 atom stereocenters. The summed E-state index contributed by atoms with van der Waals surface area (Å²) in [7, 11) is 1.85. The Balaban J connectivity index is 1.64. The van der Waals surface area contributed by atoms with Crippen molar-refractivity contribution in [2.75, 3.05) is 6.61 Å². The summed E-state index contributed by atoms with van der Waals surface area (Å²) in [4.78, 5) is 21.7. The monoisotopic (exact) mass is 439 g/mol. The molecule has 9 heteroatoms. The van der Waals surface area contributed by atoms with Gasteiger partial charge in [-0.05, 0) is 35.9 Å². The average Bonchev–Trinajstić information content (AvgIpc) is 3.16. The molecule has 0 saturated heterocycles. The van der Waals surface area contributed by atoms with Crippen molar-refractivity contribution in [2.24, 2.45) is 7.05 Å². The summed E-state index contributed by atoms with van der Waals surface area (Å²) in [6, 6.07) is 10.3. The van der Waals surface area contributed by atoms with Gasteiger partial charge < -0.3 is 9.67 Å². The molecule has 0 aliphatic carbocycles. The van der Waals surface area contributed by atoms with E-state index in [9.17, 15) is 14.3 Å². The number of aromatic nitrogens is 5. The van der Waals surface area contributed by atoms with Crippen LogP contribution in [0.1, 0.15) is 23.1 Å². The highest BCUT2D eigenvalue weighted by Crippen LogP contribution is 2.23. The highest BCUT2D eigenvalue weighted by Gasteiger charge is 2.16. The average molecular weight is 440 g/mol. The second kappa shape index (κ2) is 8.79. The first-order valence-corrected chi connectivity index (χ1v) is 9.91. The van der Waals surface area contributed by atoms with E-state index in [1.165, 1.54) is 22.8 Å². The summed E-state index contributed by atoms with van der Waals surface area (Å²) in [5, 5.41) is 14.0. The van der Waals surface area contributed by atoms with Crippen LogP contribution in [-0.4, -0.2) is 36.0 Å². The van der Waals surface area contributed by atoms with Gasteiger partial charge in [-0.3, -0.25) is 9.48 Å². The Morgan fingerprint density at radius 3 is 2.68 bits per heavy atom. The lowest BCUT2D eigenvalue weighted by Gasteiger charge is -2.18. The Morgan fingerprint density at radius 2 is 2.00 bits per heavy atom. The van der Waals surface area contributed by atoms with Crippen molar-refractivity contribution in [3.8, 4) is 11.3 Å². The summed E-state index contributed by atoms with van der Waals surface area (Å²) in [5.41, 5.74) is 2.29. The van der Waals surface area contributed by atoms with Crippen LogP contribution in [0.5, 0.6) is 0 Å². The van der Waals surface area contributed by atoms with Gasteiger partial charge in [-0.15, -0.1) is 0 Å². The van der Waals surface area contributed by atoms with Crippen LogP contribution >= 0.6 is 11.6 Å². The van der Waals surface area contributed by atoms with Gasteiger partial charge in [0.15, 0.2) is 0 Å². The molecular formula is C22H19ClFN5O2. The molecule has 0 spiro atoms. The van der Waals surface area contributed by atoms with Gasteiger partial charge in [0.05, 0.1) is 23.4 Å². The van der Waals surface area contributed by atoms with Crippen molar-refractivity contribution in [1.82, 2.24) is 24.3 Å². The Kier molecular flexibility index (Phi) is 5.92. The Bertz CT molecular complexity index is 1290. The first-order valence-electron chi connectivity index (χ1n) is 9.53. The Hall–Kier alpha value is -3.36. The maximum Gasteiger partial charge on any atom is 0.251 e. The van der Waals surface area contributed by atoms with Gasteiger partial charge in [0, 0.05) is 49.4 Å². The molecule has 0 aliphatic heterocycles. The maximum atomic E-state index is 13.9. The fourth-order valence-electron chi connectivity index (χ4n) is 3.36. The van der Waals surface area contributed by atoms with Crippen LogP contribution in [0.25, 0.3) is 11.3 Å². The zero-order chi connectivity index (χ0) is 22.0. The van der Waals surface area contributed by atoms with Gasteiger partial charge in [0.2, 0.25) is 0 Å². The molecular weight excluding hydrogens is 421 g/mol. The Labute approximate surface area is 182 Å². The molecule has 158 valence electrons. The largest absolute Gasteiger partial charge is 0.394 e. The number of halogens is 2. The number of pyridine rings is 1. The maximum absolute atomic E-state index is 13.9. The zero-order valence-electron chi connectivity index (χ0n) is 16.6. The quantitative estimate of drug-likeness (QED) is 0.499. The van der Waals surface area contributed by atoms with Gasteiger partial charge in [0.25, 0.3) is 5.56 Å². The van der Waals surface area contributed by atoms with E-state index in [0.29, 0.717) is 29.1 Å². The molecule has 0 saturated carbocycles. The van der Waals surface area contributed by atoms with Gasteiger partial charge in [-0.2, -0.15) is 5.10 Å². The second-order valence-electron chi connectivity index (χ2n) is 7.01. The predicted octanol–water partition coefficient (Wildman–Crippen LogP) is 3.00. The standard InChI is InChI=1S/C22H19ClFN5O2/c1-28-16(4-8-26-28)12-21-25-7-5-19(27-21)14-6-9-29(22(31)11-14)20(13-30)15-2-3-17(23)18(24)10-15/h2-11,20,30H,12-13H2,1H3/t20-/m1/s1. The third-order valence-corrected chi connectivity index (χ3v) is 5.35. The van der Waals surface area contributed by atoms with Crippen LogP contribution in [-0.2, 0) is 13.5 Å². The van der Waals surface area contributed by atoms with E-state index in [4.69, 9.17) is 11.6 Å². The van der Waals surface area contributed by atoms with E-state index in [1.807, 2.05) is 13.1 Å². The fourth-order valence-corrected chi connectivity index (χ4v) is 3.48. The Morgan fingerprint density at radius 1 is 1.16 bits per heavy atom. The molecule has 1 aromatic carbocycles. The topological polar surface area (TPSA) is 85.8 Å². The summed E-state index contributed by atoms with van der Waals surface area (Å²) >= 11 is 5.74. The minimum atomic E-state index is -0.737. The van der Waals surface area contributed by atoms with Crippen molar-refractivity contribution in [1.29, 1.82) is 0 Å². The highest BCUT2D eigenvalue weighted by molar-refractivity contribution is 6.30. The highest BCUT2D eigenvalue weighted by atomic mass is 35.5. The van der Waals surface area contributed by atoms with Crippen molar-refractivity contribution >= 4 is 11.6 Å². The number of nitrogens with zero attached hydrogens (tertiary/aromatic N) is 5. The number of hydrogen-bond donors (Lipinski definition) is 1. The van der Waals surface area contributed by atoms with Crippen LogP contribution in [0.3, 0.4) is 0 Å². The van der Waals surface area contributed by atoms with Gasteiger partial charge in [-0.1, -0.05) is 17.7 Å². The number of benzene rings is 1. The molecule has 3 heterocycles. The zero-order valence-corrected chi connectivity index (χ0v) is 17.4. The molecule has 31 heavy (non-hydrogen) atoms. The van der Waals surface area contributed by atoms with E-state index in [2.05, 4.69) is 15.1 Å². The van der Waals surface area contributed by atoms with E-state index in [0.717, 1.165) is 5.69 Å². The van der Waals surface area contributed by atoms with Crippen LogP contribution in [0, 0.1) is 5.82 Å². The predicted molar refractivity (Wildman–Crippen MR) is 114 cm³/mol. The lowest BCUT2D eigenvalue weighted by molar-refractivity contribution is 0.247. The van der Waals surface area contributed by atoms with E-state index in [1.54, 1.807) is 41.5 Å². The smallest absolute Gasteiger partial charge is 0.251 e. The molecule has 0 radical (unpaired) electrons. The van der Waals surface area contributed by atoms with Gasteiger partial charge in [0.1, 0.15) is 11.6 Å². The molecule has 0 aliphatic rings. The van der Waals surface area contributed by atoms with E-state index in [-0.39, 0.29) is 17.2 Å². The molecule has 0 unspecified atom stereocenters. The van der Waals surface area contributed by atoms with Crippen molar-refractivity contribution < 1.29 is 9.50 Å². The van der Waals surface area contributed by atoms with Crippen LogP contribution in [0.4, 0.5) is 4.39 Å². The van der Waals surface area contributed by atoms with Crippen molar-refractivity contribution in [3.63, 3.8) is 0 Å². The number of aliphatic hydroxyl groups is 1. The number of aliphatic hydroxyl groups excluding tert-OH is 1. The van der Waals surface area contributed by atoms with E-state index < -0.39 is 11.9 Å².